The minimum absolute atomic E-state index is 0.114. The van der Waals surface area contributed by atoms with E-state index in [2.05, 4.69) is 20.6 Å². The number of nitrogens with one attached hydrogen (secondary N) is 2. The standard InChI is InChI=1S/C17H24FN5O2S2/c1-4-19-16(21-11-13-12-26-17(22-13)23(2)3)20-9-10-27(24,25)15-8-6-5-7-14(15)18/h5-8,12H,4,9-11H2,1-3H3,(H2,19,20,21). The molecule has 1 aromatic carbocycles. The number of halogens is 1. The summed E-state index contributed by atoms with van der Waals surface area (Å²) >= 11 is 1.53. The Bertz CT molecular complexity index is 881. The van der Waals surface area contributed by atoms with Crippen molar-refractivity contribution in [2.75, 3.05) is 37.8 Å². The Hall–Kier alpha value is -2.20. The second kappa shape index (κ2) is 9.65. The zero-order chi connectivity index (χ0) is 19.9. The Kier molecular flexibility index (Phi) is 7.55. The first-order valence-electron chi connectivity index (χ1n) is 8.44. The maximum absolute atomic E-state index is 13.7. The molecule has 0 spiro atoms. The molecule has 2 aromatic rings. The Balaban J connectivity index is 1.96. The topological polar surface area (TPSA) is 86.7 Å². The largest absolute Gasteiger partial charge is 0.357 e. The molecule has 0 fully saturated rings. The molecule has 1 heterocycles. The van der Waals surface area contributed by atoms with E-state index in [0.29, 0.717) is 19.0 Å². The van der Waals surface area contributed by atoms with Crippen LogP contribution in [0.25, 0.3) is 0 Å². The van der Waals surface area contributed by atoms with E-state index in [0.717, 1.165) is 16.9 Å². The Morgan fingerprint density at radius 1 is 1.30 bits per heavy atom. The van der Waals surface area contributed by atoms with Crippen molar-refractivity contribution < 1.29 is 12.8 Å². The van der Waals surface area contributed by atoms with Crippen molar-refractivity contribution in [2.45, 2.75) is 18.4 Å². The number of benzene rings is 1. The molecule has 0 radical (unpaired) electrons. The molecule has 0 aliphatic rings. The average molecular weight is 414 g/mol. The van der Waals surface area contributed by atoms with Gasteiger partial charge in [0, 0.05) is 32.6 Å². The fraction of sp³-hybridized carbons (Fsp3) is 0.412. The lowest BCUT2D eigenvalue weighted by Gasteiger charge is -2.11. The highest BCUT2D eigenvalue weighted by Crippen LogP contribution is 2.18. The molecule has 0 saturated carbocycles. The highest BCUT2D eigenvalue weighted by Gasteiger charge is 2.18. The fourth-order valence-electron chi connectivity index (χ4n) is 2.19. The van der Waals surface area contributed by atoms with Crippen LogP contribution in [0.5, 0.6) is 0 Å². The summed E-state index contributed by atoms with van der Waals surface area (Å²) in [5.74, 6) is -0.487. The van der Waals surface area contributed by atoms with Gasteiger partial charge in [-0.05, 0) is 19.1 Å². The average Bonchev–Trinajstić information content (AvgIpc) is 3.09. The monoisotopic (exact) mass is 413 g/mol. The predicted octanol–water partition coefficient (Wildman–Crippen LogP) is 1.88. The summed E-state index contributed by atoms with van der Waals surface area (Å²) in [5.41, 5.74) is 0.833. The van der Waals surface area contributed by atoms with Gasteiger partial charge >= 0.3 is 0 Å². The number of hydrogen-bond donors (Lipinski definition) is 2. The lowest BCUT2D eigenvalue weighted by atomic mass is 10.3. The van der Waals surface area contributed by atoms with Gasteiger partial charge in [0.05, 0.1) is 18.0 Å². The first-order valence-corrected chi connectivity index (χ1v) is 11.0. The number of anilines is 1. The number of hydrogen-bond acceptors (Lipinski definition) is 6. The highest BCUT2D eigenvalue weighted by atomic mass is 32.2. The van der Waals surface area contributed by atoms with E-state index in [1.807, 2.05) is 31.3 Å². The third-order valence-corrected chi connectivity index (χ3v) is 6.30. The lowest BCUT2D eigenvalue weighted by Crippen LogP contribution is -2.39. The van der Waals surface area contributed by atoms with Gasteiger partial charge in [0.2, 0.25) is 0 Å². The van der Waals surface area contributed by atoms with Gasteiger partial charge in [0.15, 0.2) is 20.9 Å². The molecule has 0 aliphatic heterocycles. The predicted molar refractivity (Wildman–Crippen MR) is 108 cm³/mol. The first-order chi connectivity index (χ1) is 12.8. The van der Waals surface area contributed by atoms with Gasteiger partial charge in [0.1, 0.15) is 10.7 Å². The van der Waals surface area contributed by atoms with E-state index in [-0.39, 0.29) is 17.2 Å². The van der Waals surface area contributed by atoms with Crippen LogP contribution in [0.4, 0.5) is 9.52 Å². The van der Waals surface area contributed by atoms with E-state index in [9.17, 15) is 12.8 Å². The SMILES string of the molecule is CCNC(=NCc1csc(N(C)C)n1)NCCS(=O)(=O)c1ccccc1F. The molecule has 1 aromatic heterocycles. The highest BCUT2D eigenvalue weighted by molar-refractivity contribution is 7.91. The molecular weight excluding hydrogens is 389 g/mol. The molecule has 0 amide bonds. The van der Waals surface area contributed by atoms with Crippen molar-refractivity contribution in [3.8, 4) is 0 Å². The molecule has 0 unspecified atom stereocenters. The van der Waals surface area contributed by atoms with Crippen molar-refractivity contribution in [3.63, 3.8) is 0 Å². The Morgan fingerprint density at radius 2 is 2.04 bits per heavy atom. The third-order valence-electron chi connectivity index (χ3n) is 3.50. The zero-order valence-corrected chi connectivity index (χ0v) is 17.2. The van der Waals surface area contributed by atoms with Gasteiger partial charge in [-0.15, -0.1) is 11.3 Å². The molecule has 0 atom stereocenters. The molecule has 7 nitrogen and oxygen atoms in total. The van der Waals surface area contributed by atoms with Crippen LogP contribution in [0.3, 0.4) is 0 Å². The molecule has 2 N–H and O–H groups in total. The van der Waals surface area contributed by atoms with E-state index in [1.54, 1.807) is 0 Å². The molecule has 148 valence electrons. The Labute approximate surface area is 163 Å². The van der Waals surface area contributed by atoms with Gasteiger partial charge < -0.3 is 15.5 Å². The molecular formula is C17H24FN5O2S2. The minimum atomic E-state index is -3.71. The summed E-state index contributed by atoms with van der Waals surface area (Å²) in [6.45, 7) is 3.04. The molecule has 2 rings (SSSR count). The number of guanidine groups is 1. The van der Waals surface area contributed by atoms with Crippen molar-refractivity contribution in [1.82, 2.24) is 15.6 Å². The first kappa shape index (κ1) is 21.1. The second-order valence-corrected chi connectivity index (χ2v) is 8.80. The normalized spacial score (nSPS) is 12.1. The number of thiazole rings is 1. The zero-order valence-electron chi connectivity index (χ0n) is 15.6. The summed E-state index contributed by atoms with van der Waals surface area (Å²) in [6.07, 6.45) is 0. The fourth-order valence-corrected chi connectivity index (χ4v) is 4.18. The van der Waals surface area contributed by atoms with Gasteiger partial charge in [-0.25, -0.2) is 22.8 Å². The van der Waals surface area contributed by atoms with E-state index in [1.165, 1.54) is 29.5 Å². The number of aliphatic imine (C=N–C) groups is 1. The molecule has 0 bridgehead atoms. The third kappa shape index (κ3) is 6.17. The molecule has 27 heavy (non-hydrogen) atoms. The van der Waals surface area contributed by atoms with E-state index >= 15 is 0 Å². The van der Waals surface area contributed by atoms with Crippen molar-refractivity contribution in [2.24, 2.45) is 4.99 Å². The molecule has 0 saturated heterocycles. The number of nitrogens with zero attached hydrogens (tertiary/aromatic N) is 3. The van der Waals surface area contributed by atoms with Crippen LogP contribution in [-0.2, 0) is 16.4 Å². The maximum atomic E-state index is 13.7. The van der Waals surface area contributed by atoms with Crippen molar-refractivity contribution in [3.05, 3.63) is 41.2 Å². The van der Waals surface area contributed by atoms with Gasteiger partial charge in [-0.1, -0.05) is 12.1 Å². The van der Waals surface area contributed by atoms with Crippen LogP contribution in [0.2, 0.25) is 0 Å². The smallest absolute Gasteiger partial charge is 0.191 e. The van der Waals surface area contributed by atoms with Crippen molar-refractivity contribution >= 4 is 32.3 Å². The van der Waals surface area contributed by atoms with Gasteiger partial charge in [-0.2, -0.15) is 0 Å². The lowest BCUT2D eigenvalue weighted by molar-refractivity contribution is 0.566. The Morgan fingerprint density at radius 3 is 2.67 bits per heavy atom. The summed E-state index contributed by atoms with van der Waals surface area (Å²) in [7, 11) is 0.137. The summed E-state index contributed by atoms with van der Waals surface area (Å²) in [6, 6.07) is 5.38. The van der Waals surface area contributed by atoms with Gasteiger partial charge in [-0.3, -0.25) is 0 Å². The minimum Gasteiger partial charge on any atom is -0.357 e. The summed E-state index contributed by atoms with van der Waals surface area (Å²) < 4.78 is 38.3. The van der Waals surface area contributed by atoms with Crippen LogP contribution in [0, 0.1) is 5.82 Å². The molecule has 10 heteroatoms. The maximum Gasteiger partial charge on any atom is 0.191 e. The van der Waals surface area contributed by atoms with Crippen molar-refractivity contribution in [1.29, 1.82) is 0 Å². The number of sulfone groups is 1. The summed E-state index contributed by atoms with van der Waals surface area (Å²) in [5, 5.41) is 8.86. The van der Waals surface area contributed by atoms with Crippen LogP contribution >= 0.6 is 11.3 Å². The number of aromatic nitrogens is 1. The quantitative estimate of drug-likeness (QED) is 0.508. The van der Waals surface area contributed by atoms with E-state index < -0.39 is 15.7 Å². The van der Waals surface area contributed by atoms with Crippen LogP contribution < -0.4 is 15.5 Å². The van der Waals surface area contributed by atoms with Crippen LogP contribution in [0.15, 0.2) is 39.5 Å². The number of rotatable bonds is 8. The molecule has 0 aliphatic carbocycles. The summed E-state index contributed by atoms with van der Waals surface area (Å²) in [4.78, 5) is 10.5. The van der Waals surface area contributed by atoms with Crippen LogP contribution in [0.1, 0.15) is 12.6 Å². The van der Waals surface area contributed by atoms with Crippen LogP contribution in [-0.4, -0.2) is 52.3 Å². The van der Waals surface area contributed by atoms with E-state index in [4.69, 9.17) is 0 Å². The second-order valence-electron chi connectivity index (χ2n) is 5.89. The van der Waals surface area contributed by atoms with Gasteiger partial charge in [0.25, 0.3) is 0 Å².